The van der Waals surface area contributed by atoms with E-state index in [1.807, 2.05) is 44.2 Å². The molecule has 0 bridgehead atoms. The maximum Gasteiger partial charge on any atom is 0.306 e. The molecule has 0 saturated heterocycles. The molecular formula is C22H26N2O4. The molecule has 0 aromatic heterocycles. The van der Waals surface area contributed by atoms with E-state index in [4.69, 9.17) is 4.74 Å². The van der Waals surface area contributed by atoms with Crippen molar-refractivity contribution in [3.63, 3.8) is 0 Å². The molecule has 0 saturated carbocycles. The number of anilines is 2. The molecule has 0 aliphatic rings. The number of amides is 2. The van der Waals surface area contributed by atoms with Gasteiger partial charge in [-0.3, -0.25) is 14.4 Å². The summed E-state index contributed by atoms with van der Waals surface area (Å²) in [7, 11) is 0. The van der Waals surface area contributed by atoms with E-state index < -0.39 is 5.97 Å². The Hall–Kier alpha value is -3.15. The van der Waals surface area contributed by atoms with Gasteiger partial charge in [0.2, 0.25) is 11.8 Å². The molecule has 28 heavy (non-hydrogen) atoms. The standard InChI is InChI=1S/C22H26N2O4/c1-16(2)22(27)24-19-10-8-18(9-11-19)23-20(25)12-13-21(26)28-15-14-17-6-4-3-5-7-17/h3-11,16H,12-15H2,1-2H3,(H,23,25)(H,24,27). The molecule has 0 unspecified atom stereocenters. The van der Waals surface area contributed by atoms with Crippen LogP contribution in [0, 0.1) is 5.92 Å². The second kappa shape index (κ2) is 10.9. The Kier molecular flexibility index (Phi) is 8.21. The first-order chi connectivity index (χ1) is 13.4. The van der Waals surface area contributed by atoms with E-state index in [0.29, 0.717) is 24.4 Å². The molecular weight excluding hydrogens is 356 g/mol. The van der Waals surface area contributed by atoms with Crippen molar-refractivity contribution in [1.29, 1.82) is 0 Å². The molecule has 0 aliphatic heterocycles. The van der Waals surface area contributed by atoms with E-state index in [1.54, 1.807) is 24.3 Å². The fraction of sp³-hybridized carbons (Fsp3) is 0.318. The first-order valence-electron chi connectivity index (χ1n) is 9.34. The van der Waals surface area contributed by atoms with E-state index in [-0.39, 0.29) is 30.6 Å². The smallest absolute Gasteiger partial charge is 0.306 e. The zero-order valence-electron chi connectivity index (χ0n) is 16.2. The van der Waals surface area contributed by atoms with Crippen molar-refractivity contribution in [2.24, 2.45) is 5.92 Å². The van der Waals surface area contributed by atoms with Gasteiger partial charge in [0.1, 0.15) is 0 Å². The zero-order chi connectivity index (χ0) is 20.4. The molecule has 2 aromatic rings. The molecule has 0 spiro atoms. The molecule has 0 radical (unpaired) electrons. The number of esters is 1. The van der Waals surface area contributed by atoms with Crippen LogP contribution < -0.4 is 10.6 Å². The van der Waals surface area contributed by atoms with Crippen LogP contribution in [-0.4, -0.2) is 24.4 Å². The Morgan fingerprint density at radius 3 is 2.07 bits per heavy atom. The Morgan fingerprint density at radius 2 is 1.46 bits per heavy atom. The Labute approximate surface area is 165 Å². The van der Waals surface area contributed by atoms with Gasteiger partial charge in [-0.05, 0) is 29.8 Å². The first kappa shape index (κ1) is 21.2. The van der Waals surface area contributed by atoms with E-state index >= 15 is 0 Å². The van der Waals surface area contributed by atoms with Gasteiger partial charge >= 0.3 is 5.97 Å². The van der Waals surface area contributed by atoms with Crippen molar-refractivity contribution in [3.8, 4) is 0 Å². The third kappa shape index (κ3) is 7.61. The second-order valence-electron chi connectivity index (χ2n) is 6.73. The average Bonchev–Trinajstić information content (AvgIpc) is 2.68. The highest BCUT2D eigenvalue weighted by Crippen LogP contribution is 2.15. The van der Waals surface area contributed by atoms with Crippen LogP contribution in [0.15, 0.2) is 54.6 Å². The van der Waals surface area contributed by atoms with Crippen LogP contribution in [0.25, 0.3) is 0 Å². The minimum atomic E-state index is -0.391. The maximum atomic E-state index is 12.0. The topological polar surface area (TPSA) is 84.5 Å². The SMILES string of the molecule is CC(C)C(=O)Nc1ccc(NC(=O)CCC(=O)OCCc2ccccc2)cc1. The van der Waals surface area contributed by atoms with Crippen molar-refractivity contribution in [1.82, 2.24) is 0 Å². The summed E-state index contributed by atoms with van der Waals surface area (Å²) in [6.07, 6.45) is 0.734. The number of nitrogens with one attached hydrogen (secondary N) is 2. The van der Waals surface area contributed by atoms with E-state index in [2.05, 4.69) is 10.6 Å². The van der Waals surface area contributed by atoms with Crippen molar-refractivity contribution in [2.75, 3.05) is 17.2 Å². The Morgan fingerprint density at radius 1 is 0.857 bits per heavy atom. The number of hydrogen-bond acceptors (Lipinski definition) is 4. The first-order valence-corrected chi connectivity index (χ1v) is 9.34. The van der Waals surface area contributed by atoms with E-state index in [1.165, 1.54) is 0 Å². The summed E-state index contributed by atoms with van der Waals surface area (Å²) in [5.74, 6) is -0.828. The van der Waals surface area contributed by atoms with Gasteiger partial charge < -0.3 is 15.4 Å². The summed E-state index contributed by atoms with van der Waals surface area (Å²) in [5.41, 5.74) is 2.37. The number of hydrogen-bond donors (Lipinski definition) is 2. The monoisotopic (exact) mass is 382 g/mol. The molecule has 2 rings (SSSR count). The zero-order valence-corrected chi connectivity index (χ0v) is 16.2. The van der Waals surface area contributed by atoms with Crippen LogP contribution in [0.3, 0.4) is 0 Å². The highest BCUT2D eigenvalue weighted by Gasteiger charge is 2.10. The van der Waals surface area contributed by atoms with Gasteiger partial charge in [0, 0.05) is 30.1 Å². The van der Waals surface area contributed by atoms with Gasteiger partial charge in [-0.1, -0.05) is 44.2 Å². The highest BCUT2D eigenvalue weighted by molar-refractivity contribution is 5.94. The number of rotatable bonds is 9. The molecule has 6 nitrogen and oxygen atoms in total. The van der Waals surface area contributed by atoms with Crippen molar-refractivity contribution >= 4 is 29.2 Å². The van der Waals surface area contributed by atoms with Crippen LogP contribution in [0.1, 0.15) is 32.3 Å². The lowest BCUT2D eigenvalue weighted by atomic mass is 10.2. The number of carbonyl (C=O) groups excluding carboxylic acids is 3. The molecule has 148 valence electrons. The van der Waals surface area contributed by atoms with E-state index in [9.17, 15) is 14.4 Å². The molecule has 0 atom stereocenters. The fourth-order valence-corrected chi connectivity index (χ4v) is 2.36. The quantitative estimate of drug-likeness (QED) is 0.646. The van der Waals surface area contributed by atoms with Crippen molar-refractivity contribution < 1.29 is 19.1 Å². The van der Waals surface area contributed by atoms with Crippen molar-refractivity contribution in [3.05, 3.63) is 60.2 Å². The molecule has 2 aromatic carbocycles. The lowest BCUT2D eigenvalue weighted by Gasteiger charge is -2.09. The highest BCUT2D eigenvalue weighted by atomic mass is 16.5. The lowest BCUT2D eigenvalue weighted by molar-refractivity contribution is -0.144. The van der Waals surface area contributed by atoms with Crippen LogP contribution in [0.2, 0.25) is 0 Å². The Balaban J connectivity index is 1.67. The molecule has 0 fully saturated rings. The van der Waals surface area contributed by atoms with Gasteiger partial charge in [-0.25, -0.2) is 0 Å². The molecule has 2 amide bonds. The van der Waals surface area contributed by atoms with Crippen LogP contribution in [0.4, 0.5) is 11.4 Å². The number of benzene rings is 2. The summed E-state index contributed by atoms with van der Waals surface area (Å²) in [5, 5.41) is 5.50. The van der Waals surface area contributed by atoms with Gasteiger partial charge in [-0.2, -0.15) is 0 Å². The summed E-state index contributed by atoms with van der Waals surface area (Å²) in [6.45, 7) is 3.93. The largest absolute Gasteiger partial charge is 0.465 e. The van der Waals surface area contributed by atoms with Gasteiger partial charge in [-0.15, -0.1) is 0 Å². The second-order valence-corrected chi connectivity index (χ2v) is 6.73. The van der Waals surface area contributed by atoms with Crippen molar-refractivity contribution in [2.45, 2.75) is 33.1 Å². The predicted molar refractivity (Wildman–Crippen MR) is 109 cm³/mol. The third-order valence-corrected chi connectivity index (χ3v) is 4.01. The number of ether oxygens (including phenoxy) is 1. The van der Waals surface area contributed by atoms with Crippen LogP contribution >= 0.6 is 0 Å². The third-order valence-electron chi connectivity index (χ3n) is 4.01. The maximum absolute atomic E-state index is 12.0. The van der Waals surface area contributed by atoms with Gasteiger partial charge in [0.15, 0.2) is 0 Å². The number of carbonyl (C=O) groups is 3. The van der Waals surface area contributed by atoms with Gasteiger partial charge in [0.05, 0.1) is 13.0 Å². The molecule has 6 heteroatoms. The van der Waals surface area contributed by atoms with Crippen LogP contribution in [-0.2, 0) is 25.5 Å². The molecule has 2 N–H and O–H groups in total. The minimum Gasteiger partial charge on any atom is -0.465 e. The minimum absolute atomic E-state index is 0.0309. The van der Waals surface area contributed by atoms with Crippen LogP contribution in [0.5, 0.6) is 0 Å². The summed E-state index contributed by atoms with van der Waals surface area (Å²) in [4.78, 5) is 35.4. The Bertz CT molecular complexity index is 786. The summed E-state index contributed by atoms with van der Waals surface area (Å²) >= 11 is 0. The average molecular weight is 382 g/mol. The lowest BCUT2D eigenvalue weighted by Crippen LogP contribution is -2.18. The van der Waals surface area contributed by atoms with E-state index in [0.717, 1.165) is 5.56 Å². The van der Waals surface area contributed by atoms with Gasteiger partial charge in [0.25, 0.3) is 0 Å². The molecule has 0 heterocycles. The summed E-state index contributed by atoms with van der Waals surface area (Å²) < 4.78 is 5.16. The summed E-state index contributed by atoms with van der Waals surface area (Å²) in [6, 6.07) is 16.6. The normalized spacial score (nSPS) is 10.4. The fourth-order valence-electron chi connectivity index (χ4n) is 2.36. The molecule has 0 aliphatic carbocycles. The predicted octanol–water partition coefficient (Wildman–Crippen LogP) is 3.79.